The molecular formula is C25H26FNO4. The third kappa shape index (κ3) is 5.83. The Bertz CT molecular complexity index is 1070. The van der Waals surface area contributed by atoms with Gasteiger partial charge in [0.15, 0.2) is 0 Å². The number of ether oxygens (including phenoxy) is 2. The van der Waals surface area contributed by atoms with Gasteiger partial charge in [-0.05, 0) is 66.4 Å². The lowest BCUT2D eigenvalue weighted by atomic mass is 9.99. The van der Waals surface area contributed by atoms with Gasteiger partial charge in [-0.15, -0.1) is 0 Å². The highest BCUT2D eigenvalue weighted by Gasteiger charge is 2.11. The van der Waals surface area contributed by atoms with Crippen molar-refractivity contribution in [2.75, 3.05) is 20.3 Å². The van der Waals surface area contributed by atoms with Crippen molar-refractivity contribution in [3.8, 4) is 22.6 Å². The Hall–Kier alpha value is -3.38. The molecule has 0 fully saturated rings. The molecule has 31 heavy (non-hydrogen) atoms. The van der Waals surface area contributed by atoms with E-state index in [9.17, 15) is 14.3 Å². The van der Waals surface area contributed by atoms with Crippen LogP contribution in [0.2, 0.25) is 0 Å². The van der Waals surface area contributed by atoms with Crippen LogP contribution in [-0.2, 0) is 0 Å². The highest BCUT2D eigenvalue weighted by molar-refractivity contribution is 5.91. The lowest BCUT2D eigenvalue weighted by molar-refractivity contribution is 0.0696. The third-order valence-corrected chi connectivity index (χ3v) is 5.09. The first-order valence-electron chi connectivity index (χ1n) is 10.0. The Morgan fingerprint density at radius 3 is 2.61 bits per heavy atom. The van der Waals surface area contributed by atoms with Gasteiger partial charge in [-0.1, -0.05) is 24.3 Å². The number of rotatable bonds is 9. The molecule has 3 aromatic rings. The summed E-state index contributed by atoms with van der Waals surface area (Å²) in [6.07, 6.45) is 0. The summed E-state index contributed by atoms with van der Waals surface area (Å²) in [7, 11) is 1.64. The van der Waals surface area contributed by atoms with Gasteiger partial charge < -0.3 is 19.9 Å². The number of hydrogen-bond donors (Lipinski definition) is 2. The Morgan fingerprint density at radius 2 is 1.87 bits per heavy atom. The molecule has 0 aliphatic carbocycles. The number of carboxylic acids is 1. The van der Waals surface area contributed by atoms with Crippen LogP contribution in [0.15, 0.2) is 60.7 Å². The molecule has 1 atom stereocenters. The topological polar surface area (TPSA) is 67.8 Å². The molecule has 0 saturated heterocycles. The van der Waals surface area contributed by atoms with E-state index in [2.05, 4.69) is 5.32 Å². The number of benzene rings is 3. The van der Waals surface area contributed by atoms with E-state index >= 15 is 0 Å². The summed E-state index contributed by atoms with van der Waals surface area (Å²) in [4.78, 5) is 11.4. The summed E-state index contributed by atoms with van der Waals surface area (Å²) >= 11 is 0. The zero-order valence-corrected chi connectivity index (χ0v) is 17.8. The first kappa shape index (κ1) is 22.3. The number of nitrogens with one attached hydrogen (secondary N) is 1. The summed E-state index contributed by atoms with van der Waals surface area (Å²) in [5.41, 5.74) is 3.13. The molecule has 0 amide bonds. The molecule has 0 saturated carbocycles. The molecule has 0 aliphatic rings. The van der Waals surface area contributed by atoms with Gasteiger partial charge in [0.05, 0.1) is 12.7 Å². The minimum atomic E-state index is -1.01. The van der Waals surface area contributed by atoms with Crippen LogP contribution in [0, 0.1) is 12.7 Å². The molecule has 0 aromatic heterocycles. The van der Waals surface area contributed by atoms with Crippen molar-refractivity contribution in [2.45, 2.75) is 19.9 Å². The highest BCUT2D eigenvalue weighted by Crippen LogP contribution is 2.27. The van der Waals surface area contributed by atoms with Crippen molar-refractivity contribution in [1.82, 2.24) is 5.32 Å². The second-order valence-electron chi connectivity index (χ2n) is 7.31. The van der Waals surface area contributed by atoms with E-state index in [-0.39, 0.29) is 11.6 Å². The highest BCUT2D eigenvalue weighted by atomic mass is 19.1. The molecule has 6 heteroatoms. The van der Waals surface area contributed by atoms with Gasteiger partial charge in [0.2, 0.25) is 0 Å². The number of hydrogen-bond acceptors (Lipinski definition) is 4. The monoisotopic (exact) mass is 423 g/mol. The van der Waals surface area contributed by atoms with Crippen LogP contribution in [0.5, 0.6) is 11.5 Å². The third-order valence-electron chi connectivity index (χ3n) is 5.09. The molecule has 3 rings (SSSR count). The minimum absolute atomic E-state index is 0.101. The summed E-state index contributed by atoms with van der Waals surface area (Å²) in [6, 6.07) is 17.4. The molecule has 0 unspecified atom stereocenters. The van der Waals surface area contributed by atoms with Crippen molar-refractivity contribution in [3.05, 3.63) is 83.2 Å². The summed E-state index contributed by atoms with van der Waals surface area (Å²) < 4.78 is 25.1. The molecule has 0 spiro atoms. The van der Waals surface area contributed by atoms with E-state index in [0.29, 0.717) is 35.6 Å². The Kier molecular flexibility index (Phi) is 7.26. The normalized spacial score (nSPS) is 11.7. The van der Waals surface area contributed by atoms with E-state index in [1.807, 2.05) is 31.2 Å². The number of methoxy groups -OCH3 is 1. The fourth-order valence-corrected chi connectivity index (χ4v) is 3.32. The van der Waals surface area contributed by atoms with E-state index in [4.69, 9.17) is 9.47 Å². The first-order chi connectivity index (χ1) is 14.9. The molecule has 0 radical (unpaired) electrons. The largest absolute Gasteiger partial charge is 0.497 e. The summed E-state index contributed by atoms with van der Waals surface area (Å²) in [6.45, 7) is 4.70. The molecule has 5 nitrogen and oxygen atoms in total. The Balaban J connectivity index is 1.63. The second-order valence-corrected chi connectivity index (χ2v) is 7.31. The zero-order valence-electron chi connectivity index (χ0n) is 17.8. The van der Waals surface area contributed by atoms with Gasteiger partial charge in [0.1, 0.15) is 23.9 Å². The van der Waals surface area contributed by atoms with Gasteiger partial charge in [-0.25, -0.2) is 9.18 Å². The molecule has 2 N–H and O–H groups in total. The van der Waals surface area contributed by atoms with Crippen LogP contribution in [0.25, 0.3) is 11.1 Å². The van der Waals surface area contributed by atoms with E-state index in [1.54, 1.807) is 38.3 Å². The Morgan fingerprint density at radius 1 is 1.06 bits per heavy atom. The molecular weight excluding hydrogens is 397 g/mol. The number of aryl methyl sites for hydroxylation is 1. The molecule has 3 aromatic carbocycles. The molecule has 162 valence electrons. The molecule has 0 aliphatic heterocycles. The van der Waals surface area contributed by atoms with Crippen LogP contribution in [0.4, 0.5) is 4.39 Å². The predicted molar refractivity (Wildman–Crippen MR) is 118 cm³/mol. The second kappa shape index (κ2) is 10.1. The number of halogens is 1. The van der Waals surface area contributed by atoms with E-state index in [1.165, 1.54) is 12.1 Å². The van der Waals surface area contributed by atoms with Gasteiger partial charge >= 0.3 is 5.97 Å². The zero-order chi connectivity index (χ0) is 22.4. The summed E-state index contributed by atoms with van der Waals surface area (Å²) in [5, 5.41) is 12.7. The average Bonchev–Trinajstić information content (AvgIpc) is 2.76. The van der Waals surface area contributed by atoms with Gasteiger partial charge in [0.25, 0.3) is 0 Å². The minimum Gasteiger partial charge on any atom is -0.497 e. The lowest BCUT2D eigenvalue weighted by Gasteiger charge is -2.16. The maximum atomic E-state index is 14.2. The van der Waals surface area contributed by atoms with Crippen LogP contribution >= 0.6 is 0 Å². The number of carbonyl (C=O) groups is 1. The number of aromatic carboxylic acids is 1. The van der Waals surface area contributed by atoms with Crippen molar-refractivity contribution >= 4 is 5.97 Å². The fourth-order valence-electron chi connectivity index (χ4n) is 3.32. The van der Waals surface area contributed by atoms with Crippen molar-refractivity contribution in [3.63, 3.8) is 0 Å². The molecule has 0 heterocycles. The quantitative estimate of drug-likeness (QED) is 0.461. The molecule has 0 bridgehead atoms. The Labute approximate surface area is 181 Å². The standard InChI is InChI=1S/C25H26FNO4/c1-16-7-8-19(14-24(16)25(28)29)20-11-21(26)15-23(13-20)31-10-9-27-17(2)18-5-4-6-22(12-18)30-3/h4-8,11-15,17,27H,9-10H2,1-3H3,(H,28,29)/t17-/m1/s1. The van der Waals surface area contributed by atoms with Crippen LogP contribution < -0.4 is 14.8 Å². The van der Waals surface area contributed by atoms with Crippen LogP contribution in [0.1, 0.15) is 34.5 Å². The first-order valence-corrected chi connectivity index (χ1v) is 10.0. The van der Waals surface area contributed by atoms with E-state index in [0.717, 1.165) is 11.3 Å². The summed E-state index contributed by atoms with van der Waals surface area (Å²) in [5.74, 6) is -0.258. The van der Waals surface area contributed by atoms with Crippen LogP contribution in [0.3, 0.4) is 0 Å². The van der Waals surface area contributed by atoms with E-state index < -0.39 is 11.8 Å². The van der Waals surface area contributed by atoms with Crippen molar-refractivity contribution in [2.24, 2.45) is 0 Å². The SMILES string of the molecule is COc1cccc([C@@H](C)NCCOc2cc(F)cc(-c3ccc(C)c(C(=O)O)c3)c2)c1. The predicted octanol–water partition coefficient (Wildman–Crippen LogP) is 5.24. The fraction of sp³-hybridized carbons (Fsp3) is 0.240. The van der Waals surface area contributed by atoms with Crippen molar-refractivity contribution < 1.29 is 23.8 Å². The maximum Gasteiger partial charge on any atom is 0.335 e. The van der Waals surface area contributed by atoms with Crippen molar-refractivity contribution in [1.29, 1.82) is 0 Å². The van der Waals surface area contributed by atoms with Gasteiger partial charge in [-0.3, -0.25) is 0 Å². The maximum absolute atomic E-state index is 14.2. The van der Waals surface area contributed by atoms with Gasteiger partial charge in [-0.2, -0.15) is 0 Å². The number of carboxylic acid groups (broad SMARTS) is 1. The lowest BCUT2D eigenvalue weighted by Crippen LogP contribution is -2.24. The van der Waals surface area contributed by atoms with Gasteiger partial charge in [0, 0.05) is 18.7 Å². The smallest absolute Gasteiger partial charge is 0.335 e. The van der Waals surface area contributed by atoms with Crippen LogP contribution in [-0.4, -0.2) is 31.3 Å². The average molecular weight is 423 g/mol.